The Kier molecular flexibility index (Phi) is 4.07. The standard InChI is InChI=1S/C2H4INOS/c3-1-2(5)4-6/h6H,1H2,(H,4,5). The molecule has 0 rings (SSSR count). The molecular weight excluding hydrogens is 213 g/mol. The lowest BCUT2D eigenvalue weighted by Gasteiger charge is -1.84. The van der Waals surface area contributed by atoms with Gasteiger partial charge in [-0.25, -0.2) is 0 Å². The molecule has 1 N–H and O–H groups in total. The lowest BCUT2D eigenvalue weighted by Crippen LogP contribution is -2.12. The molecule has 0 unspecified atom stereocenters. The minimum atomic E-state index is -0.0565. The van der Waals surface area contributed by atoms with Gasteiger partial charge in [0.2, 0.25) is 5.91 Å². The van der Waals surface area contributed by atoms with Gasteiger partial charge in [0, 0.05) is 0 Å². The highest BCUT2D eigenvalue weighted by Gasteiger charge is 1.87. The monoisotopic (exact) mass is 217 g/mol. The molecule has 0 aromatic rings. The summed E-state index contributed by atoms with van der Waals surface area (Å²) < 4.78 is 2.64. The third kappa shape index (κ3) is 2.77. The molecule has 0 bridgehead atoms. The summed E-state index contributed by atoms with van der Waals surface area (Å²) in [7, 11) is 0. The average Bonchev–Trinajstić information content (AvgIpc) is 1.65. The van der Waals surface area contributed by atoms with Gasteiger partial charge in [-0.15, -0.1) is 0 Å². The first-order valence-electron chi connectivity index (χ1n) is 1.30. The van der Waals surface area contributed by atoms with Crippen LogP contribution in [0.5, 0.6) is 0 Å². The van der Waals surface area contributed by atoms with Gasteiger partial charge < -0.3 is 4.72 Å². The number of carbonyl (C=O) groups excluding carboxylic acids is 1. The maximum absolute atomic E-state index is 9.99. The zero-order valence-electron chi connectivity index (χ0n) is 2.94. The third-order valence-electron chi connectivity index (χ3n) is 0.246. The largest absolute Gasteiger partial charge is 0.302 e. The molecular formula is C2H4INOS. The van der Waals surface area contributed by atoms with Crippen LogP contribution in [-0.4, -0.2) is 10.3 Å². The maximum Gasteiger partial charge on any atom is 0.239 e. The first kappa shape index (κ1) is 6.55. The Morgan fingerprint density at radius 1 is 2.00 bits per heavy atom. The molecule has 0 spiro atoms. The zero-order chi connectivity index (χ0) is 4.99. The van der Waals surface area contributed by atoms with Crippen LogP contribution >= 0.6 is 35.4 Å². The molecule has 0 atom stereocenters. The molecule has 0 radical (unpaired) electrons. The fraction of sp³-hybridized carbons (Fsp3) is 0.500. The number of carbonyl (C=O) groups is 1. The van der Waals surface area contributed by atoms with Gasteiger partial charge in [0.25, 0.3) is 0 Å². The second-order valence-corrected chi connectivity index (χ2v) is 1.66. The van der Waals surface area contributed by atoms with E-state index in [1.807, 2.05) is 22.6 Å². The highest BCUT2D eigenvalue weighted by atomic mass is 127. The van der Waals surface area contributed by atoms with E-state index >= 15 is 0 Å². The van der Waals surface area contributed by atoms with E-state index in [1.165, 1.54) is 0 Å². The molecule has 0 aliphatic carbocycles. The summed E-state index contributed by atoms with van der Waals surface area (Å²) in [5.41, 5.74) is 0. The number of alkyl halides is 1. The summed E-state index contributed by atoms with van der Waals surface area (Å²) in [5.74, 6) is -0.0565. The number of hydrogen-bond acceptors (Lipinski definition) is 2. The van der Waals surface area contributed by atoms with Crippen molar-refractivity contribution in [2.45, 2.75) is 0 Å². The van der Waals surface area contributed by atoms with E-state index in [1.54, 1.807) is 0 Å². The Bertz CT molecular complexity index is 51.5. The van der Waals surface area contributed by atoms with Crippen molar-refractivity contribution in [1.29, 1.82) is 0 Å². The van der Waals surface area contributed by atoms with Gasteiger partial charge >= 0.3 is 0 Å². The first-order chi connectivity index (χ1) is 2.81. The van der Waals surface area contributed by atoms with Crippen LogP contribution in [0, 0.1) is 0 Å². The van der Waals surface area contributed by atoms with Crippen LogP contribution in [0.1, 0.15) is 0 Å². The van der Waals surface area contributed by atoms with Crippen molar-refractivity contribution < 1.29 is 4.79 Å². The Morgan fingerprint density at radius 3 is 2.50 bits per heavy atom. The lowest BCUT2D eigenvalue weighted by atomic mass is 10.8. The van der Waals surface area contributed by atoms with Crippen molar-refractivity contribution in [3.8, 4) is 0 Å². The minimum absolute atomic E-state index is 0.0565. The van der Waals surface area contributed by atoms with E-state index < -0.39 is 0 Å². The fourth-order valence-electron chi connectivity index (χ4n) is 0.0299. The summed E-state index contributed by atoms with van der Waals surface area (Å²) in [6.45, 7) is 0. The summed E-state index contributed by atoms with van der Waals surface area (Å²) in [5, 5.41) is 0. The van der Waals surface area contributed by atoms with E-state index in [4.69, 9.17) is 0 Å². The van der Waals surface area contributed by atoms with E-state index in [0.29, 0.717) is 4.43 Å². The van der Waals surface area contributed by atoms with Crippen molar-refractivity contribution in [1.82, 2.24) is 4.72 Å². The van der Waals surface area contributed by atoms with Crippen molar-refractivity contribution in [2.24, 2.45) is 0 Å². The van der Waals surface area contributed by atoms with Crippen molar-refractivity contribution in [3.05, 3.63) is 0 Å². The maximum atomic E-state index is 9.99. The highest BCUT2D eigenvalue weighted by Crippen LogP contribution is 1.78. The molecule has 0 aromatic carbocycles. The molecule has 36 valence electrons. The smallest absolute Gasteiger partial charge is 0.239 e. The molecule has 0 fully saturated rings. The molecule has 0 saturated heterocycles. The second-order valence-electron chi connectivity index (χ2n) is 0.669. The molecule has 6 heavy (non-hydrogen) atoms. The van der Waals surface area contributed by atoms with Gasteiger partial charge in [0.1, 0.15) is 0 Å². The number of amides is 1. The van der Waals surface area contributed by atoms with Crippen LogP contribution in [0.15, 0.2) is 0 Å². The van der Waals surface area contributed by atoms with Crippen LogP contribution < -0.4 is 4.72 Å². The van der Waals surface area contributed by atoms with Gasteiger partial charge in [-0.2, -0.15) is 0 Å². The normalized spacial score (nSPS) is 7.67. The molecule has 4 heteroatoms. The van der Waals surface area contributed by atoms with Gasteiger partial charge in [-0.05, 0) is 0 Å². The van der Waals surface area contributed by atoms with E-state index in [-0.39, 0.29) is 5.91 Å². The van der Waals surface area contributed by atoms with E-state index in [0.717, 1.165) is 0 Å². The Balaban J connectivity index is 2.99. The van der Waals surface area contributed by atoms with Gasteiger partial charge in [0.05, 0.1) is 4.43 Å². The first-order valence-corrected chi connectivity index (χ1v) is 3.27. The molecule has 2 nitrogen and oxygen atoms in total. The van der Waals surface area contributed by atoms with Crippen molar-refractivity contribution in [2.75, 3.05) is 4.43 Å². The van der Waals surface area contributed by atoms with Crippen LogP contribution in [0.2, 0.25) is 0 Å². The SMILES string of the molecule is O=C(CI)NS. The quantitative estimate of drug-likeness (QED) is 0.371. The summed E-state index contributed by atoms with van der Waals surface area (Å²) in [4.78, 5) is 9.99. The van der Waals surface area contributed by atoms with Crippen LogP contribution in [0.3, 0.4) is 0 Å². The lowest BCUT2D eigenvalue weighted by molar-refractivity contribution is -0.116. The molecule has 0 aliphatic rings. The predicted octanol–water partition coefficient (Wildman–Crippen LogP) is 0.382. The molecule has 0 saturated carbocycles. The number of hydrogen-bond donors (Lipinski definition) is 2. The van der Waals surface area contributed by atoms with Gasteiger partial charge in [0.15, 0.2) is 0 Å². The van der Waals surface area contributed by atoms with Gasteiger partial charge in [-0.1, -0.05) is 35.4 Å². The topological polar surface area (TPSA) is 29.1 Å². The zero-order valence-corrected chi connectivity index (χ0v) is 5.99. The molecule has 0 aromatic heterocycles. The fourth-order valence-corrected chi connectivity index (χ4v) is 0.601. The molecule has 0 aliphatic heterocycles. The molecule has 0 heterocycles. The van der Waals surface area contributed by atoms with Crippen molar-refractivity contribution >= 4 is 41.3 Å². The Hall–Kier alpha value is 0.550. The summed E-state index contributed by atoms with van der Waals surface area (Å²) in [6.07, 6.45) is 0. The van der Waals surface area contributed by atoms with Crippen LogP contribution in [0.4, 0.5) is 0 Å². The van der Waals surface area contributed by atoms with Gasteiger partial charge in [-0.3, -0.25) is 4.79 Å². The summed E-state index contributed by atoms with van der Waals surface area (Å²) in [6, 6.07) is 0. The van der Waals surface area contributed by atoms with E-state index in [2.05, 4.69) is 17.5 Å². The number of nitrogens with one attached hydrogen (secondary N) is 1. The average molecular weight is 217 g/mol. The number of thiol groups is 1. The minimum Gasteiger partial charge on any atom is -0.302 e. The van der Waals surface area contributed by atoms with Crippen LogP contribution in [0.25, 0.3) is 0 Å². The molecule has 1 amide bonds. The Morgan fingerprint density at radius 2 is 2.50 bits per heavy atom. The Labute approximate surface area is 55.4 Å². The van der Waals surface area contributed by atoms with Crippen LogP contribution in [-0.2, 0) is 4.79 Å². The number of rotatable bonds is 1. The number of halogens is 1. The second kappa shape index (κ2) is 3.73. The van der Waals surface area contributed by atoms with E-state index in [9.17, 15) is 4.79 Å². The third-order valence-corrected chi connectivity index (χ3v) is 1.19. The highest BCUT2D eigenvalue weighted by molar-refractivity contribution is 14.1. The predicted molar refractivity (Wildman–Crippen MR) is 36.0 cm³/mol. The summed E-state index contributed by atoms with van der Waals surface area (Å²) >= 11 is 5.44. The van der Waals surface area contributed by atoms with Crippen molar-refractivity contribution in [3.63, 3.8) is 0 Å².